The standard InChI is InChI=1S/C12H18BrNO2/c1-9(2)15-5-6-16-11-3-4-12(13)10(7-11)8-14/h3-4,7,9H,5-6,8,14H2,1-2H3. The first kappa shape index (κ1) is 13.5. The van der Waals surface area contributed by atoms with Gasteiger partial charge in [0.1, 0.15) is 12.4 Å². The molecule has 0 aliphatic rings. The lowest BCUT2D eigenvalue weighted by atomic mass is 10.2. The molecule has 0 spiro atoms. The zero-order valence-corrected chi connectivity index (χ0v) is 11.3. The molecule has 0 heterocycles. The van der Waals surface area contributed by atoms with E-state index in [0.29, 0.717) is 19.8 Å². The molecule has 1 aromatic rings. The van der Waals surface area contributed by atoms with Crippen LogP contribution in [0.5, 0.6) is 5.75 Å². The van der Waals surface area contributed by atoms with Crippen molar-refractivity contribution in [1.29, 1.82) is 0 Å². The Morgan fingerprint density at radius 2 is 2.06 bits per heavy atom. The maximum atomic E-state index is 5.60. The highest BCUT2D eigenvalue weighted by Gasteiger charge is 2.01. The Labute approximate surface area is 105 Å². The first-order chi connectivity index (χ1) is 7.63. The number of halogens is 1. The van der Waals surface area contributed by atoms with Crippen molar-refractivity contribution in [2.75, 3.05) is 13.2 Å². The second kappa shape index (κ2) is 6.89. The summed E-state index contributed by atoms with van der Waals surface area (Å²) in [4.78, 5) is 0. The summed E-state index contributed by atoms with van der Waals surface area (Å²) in [5.41, 5.74) is 6.65. The van der Waals surface area contributed by atoms with E-state index in [9.17, 15) is 0 Å². The monoisotopic (exact) mass is 287 g/mol. The lowest BCUT2D eigenvalue weighted by Crippen LogP contribution is -2.11. The van der Waals surface area contributed by atoms with Gasteiger partial charge in [0.05, 0.1) is 12.7 Å². The van der Waals surface area contributed by atoms with Crippen molar-refractivity contribution in [3.63, 3.8) is 0 Å². The Hall–Kier alpha value is -0.580. The minimum Gasteiger partial charge on any atom is -0.491 e. The van der Waals surface area contributed by atoms with Gasteiger partial charge in [-0.2, -0.15) is 0 Å². The topological polar surface area (TPSA) is 44.5 Å². The van der Waals surface area contributed by atoms with Crippen LogP contribution >= 0.6 is 15.9 Å². The van der Waals surface area contributed by atoms with E-state index in [-0.39, 0.29) is 6.10 Å². The second-order valence-electron chi connectivity index (χ2n) is 3.73. The molecule has 0 saturated carbocycles. The van der Waals surface area contributed by atoms with Crippen LogP contribution in [0.4, 0.5) is 0 Å². The third-order valence-electron chi connectivity index (χ3n) is 2.04. The van der Waals surface area contributed by atoms with Crippen molar-refractivity contribution in [1.82, 2.24) is 0 Å². The van der Waals surface area contributed by atoms with Crippen LogP contribution in [0.2, 0.25) is 0 Å². The van der Waals surface area contributed by atoms with Gasteiger partial charge in [-0.15, -0.1) is 0 Å². The van der Waals surface area contributed by atoms with E-state index in [1.165, 1.54) is 0 Å². The molecule has 0 unspecified atom stereocenters. The fraction of sp³-hybridized carbons (Fsp3) is 0.500. The number of hydrogen-bond donors (Lipinski definition) is 1. The molecule has 0 saturated heterocycles. The molecule has 0 atom stereocenters. The van der Waals surface area contributed by atoms with Gasteiger partial charge in [0.25, 0.3) is 0 Å². The number of rotatable bonds is 6. The molecule has 0 aliphatic carbocycles. The largest absolute Gasteiger partial charge is 0.491 e. The molecule has 3 nitrogen and oxygen atoms in total. The van der Waals surface area contributed by atoms with Gasteiger partial charge in [-0.05, 0) is 37.6 Å². The van der Waals surface area contributed by atoms with Gasteiger partial charge in [-0.3, -0.25) is 0 Å². The minimum absolute atomic E-state index is 0.244. The van der Waals surface area contributed by atoms with E-state index >= 15 is 0 Å². The third-order valence-corrected chi connectivity index (χ3v) is 2.81. The van der Waals surface area contributed by atoms with Crippen molar-refractivity contribution in [2.45, 2.75) is 26.5 Å². The molecule has 2 N–H and O–H groups in total. The SMILES string of the molecule is CC(C)OCCOc1ccc(Br)c(CN)c1. The second-order valence-corrected chi connectivity index (χ2v) is 4.58. The molecular weight excluding hydrogens is 270 g/mol. The first-order valence-corrected chi connectivity index (χ1v) is 6.15. The molecule has 0 radical (unpaired) electrons. The van der Waals surface area contributed by atoms with Crippen molar-refractivity contribution in [3.05, 3.63) is 28.2 Å². The van der Waals surface area contributed by atoms with Crippen molar-refractivity contribution >= 4 is 15.9 Å². The summed E-state index contributed by atoms with van der Waals surface area (Å²) in [7, 11) is 0. The molecule has 90 valence electrons. The zero-order chi connectivity index (χ0) is 12.0. The minimum atomic E-state index is 0.244. The molecule has 1 aromatic carbocycles. The normalized spacial score (nSPS) is 10.8. The number of hydrogen-bond acceptors (Lipinski definition) is 3. The fourth-order valence-electron chi connectivity index (χ4n) is 1.24. The Morgan fingerprint density at radius 3 is 2.69 bits per heavy atom. The van der Waals surface area contributed by atoms with Gasteiger partial charge in [-0.1, -0.05) is 15.9 Å². The molecule has 1 rings (SSSR count). The highest BCUT2D eigenvalue weighted by Crippen LogP contribution is 2.22. The number of benzene rings is 1. The summed E-state index contributed by atoms with van der Waals surface area (Å²) in [5.74, 6) is 0.830. The Morgan fingerprint density at radius 1 is 1.31 bits per heavy atom. The van der Waals surface area contributed by atoms with E-state index in [1.807, 2.05) is 32.0 Å². The van der Waals surface area contributed by atoms with Gasteiger partial charge < -0.3 is 15.2 Å². The fourth-order valence-corrected chi connectivity index (χ4v) is 1.65. The first-order valence-electron chi connectivity index (χ1n) is 5.36. The number of nitrogens with two attached hydrogens (primary N) is 1. The summed E-state index contributed by atoms with van der Waals surface area (Å²) in [5, 5.41) is 0. The summed E-state index contributed by atoms with van der Waals surface area (Å²) in [6.07, 6.45) is 0.244. The van der Waals surface area contributed by atoms with E-state index in [2.05, 4.69) is 15.9 Å². The third kappa shape index (κ3) is 4.51. The smallest absolute Gasteiger partial charge is 0.119 e. The van der Waals surface area contributed by atoms with Crippen LogP contribution < -0.4 is 10.5 Å². The predicted octanol–water partition coefficient (Wildman–Crippen LogP) is 2.71. The Bertz CT molecular complexity index is 329. The summed E-state index contributed by atoms with van der Waals surface area (Å²) < 4.78 is 12.0. The van der Waals surface area contributed by atoms with Gasteiger partial charge in [0, 0.05) is 11.0 Å². The van der Waals surface area contributed by atoms with Crippen LogP contribution in [0.25, 0.3) is 0 Å². The lowest BCUT2D eigenvalue weighted by molar-refractivity contribution is 0.0552. The zero-order valence-electron chi connectivity index (χ0n) is 9.70. The van der Waals surface area contributed by atoms with E-state index in [0.717, 1.165) is 15.8 Å². The van der Waals surface area contributed by atoms with Gasteiger partial charge in [0.15, 0.2) is 0 Å². The van der Waals surface area contributed by atoms with Crippen LogP contribution in [0.1, 0.15) is 19.4 Å². The highest BCUT2D eigenvalue weighted by molar-refractivity contribution is 9.10. The molecule has 0 aliphatic heterocycles. The Kier molecular flexibility index (Phi) is 5.80. The Balaban J connectivity index is 2.42. The summed E-state index contributed by atoms with van der Waals surface area (Å²) in [6, 6.07) is 5.80. The van der Waals surface area contributed by atoms with Gasteiger partial charge in [0.2, 0.25) is 0 Å². The quantitative estimate of drug-likeness (QED) is 0.819. The van der Waals surface area contributed by atoms with Crippen LogP contribution in [-0.2, 0) is 11.3 Å². The average Bonchev–Trinajstić information content (AvgIpc) is 2.26. The molecule has 0 amide bonds. The maximum Gasteiger partial charge on any atom is 0.119 e. The molecule has 0 aromatic heterocycles. The van der Waals surface area contributed by atoms with E-state index in [4.69, 9.17) is 15.2 Å². The average molecular weight is 288 g/mol. The predicted molar refractivity (Wildman–Crippen MR) is 68.6 cm³/mol. The van der Waals surface area contributed by atoms with Gasteiger partial charge >= 0.3 is 0 Å². The van der Waals surface area contributed by atoms with Crippen LogP contribution in [-0.4, -0.2) is 19.3 Å². The van der Waals surface area contributed by atoms with Gasteiger partial charge in [-0.25, -0.2) is 0 Å². The van der Waals surface area contributed by atoms with E-state index < -0.39 is 0 Å². The van der Waals surface area contributed by atoms with Crippen LogP contribution in [0.3, 0.4) is 0 Å². The van der Waals surface area contributed by atoms with Crippen LogP contribution in [0, 0.1) is 0 Å². The van der Waals surface area contributed by atoms with E-state index in [1.54, 1.807) is 0 Å². The maximum absolute atomic E-state index is 5.60. The summed E-state index contributed by atoms with van der Waals surface area (Å²) >= 11 is 3.43. The van der Waals surface area contributed by atoms with Crippen molar-refractivity contribution in [3.8, 4) is 5.75 Å². The van der Waals surface area contributed by atoms with Crippen molar-refractivity contribution in [2.24, 2.45) is 5.73 Å². The molecule has 4 heteroatoms. The highest BCUT2D eigenvalue weighted by atomic mass is 79.9. The number of ether oxygens (including phenoxy) is 2. The molecule has 16 heavy (non-hydrogen) atoms. The lowest BCUT2D eigenvalue weighted by Gasteiger charge is -2.10. The summed E-state index contributed by atoms with van der Waals surface area (Å²) in [6.45, 7) is 5.67. The van der Waals surface area contributed by atoms with Crippen molar-refractivity contribution < 1.29 is 9.47 Å². The van der Waals surface area contributed by atoms with Crippen LogP contribution in [0.15, 0.2) is 22.7 Å². The molecule has 0 bridgehead atoms. The molecule has 0 fully saturated rings. The molecular formula is C12H18BrNO2.